The Kier molecular flexibility index (Phi) is 5.58. The molecule has 0 spiro atoms. The van der Waals surface area contributed by atoms with Crippen molar-refractivity contribution in [3.63, 3.8) is 0 Å². The van der Waals surface area contributed by atoms with Crippen LogP contribution < -0.4 is 5.32 Å². The standard InChI is InChI=1S/C12H15BrFNO2/c1-8(9-3-5-10(14)6-4-9)15-7-11(13)12(16)17-2/h3-6,8,11,15H,7H2,1-2H3. The Morgan fingerprint density at radius 1 is 1.47 bits per heavy atom. The molecule has 2 atom stereocenters. The molecule has 0 bridgehead atoms. The van der Waals surface area contributed by atoms with E-state index < -0.39 is 0 Å². The largest absolute Gasteiger partial charge is 0.468 e. The third-order valence-electron chi connectivity index (χ3n) is 2.43. The van der Waals surface area contributed by atoms with Crippen molar-refractivity contribution in [3.05, 3.63) is 35.6 Å². The SMILES string of the molecule is COC(=O)C(Br)CNC(C)c1ccc(F)cc1. The van der Waals surface area contributed by atoms with Crippen LogP contribution in [0.4, 0.5) is 4.39 Å². The monoisotopic (exact) mass is 303 g/mol. The molecule has 17 heavy (non-hydrogen) atoms. The molecule has 1 rings (SSSR count). The molecule has 0 radical (unpaired) electrons. The van der Waals surface area contributed by atoms with Gasteiger partial charge >= 0.3 is 5.97 Å². The zero-order valence-corrected chi connectivity index (χ0v) is 11.3. The van der Waals surface area contributed by atoms with E-state index in [1.165, 1.54) is 19.2 Å². The molecule has 0 saturated carbocycles. The summed E-state index contributed by atoms with van der Waals surface area (Å²) in [6.07, 6.45) is 0. The van der Waals surface area contributed by atoms with Gasteiger partial charge in [0.1, 0.15) is 10.6 Å². The highest BCUT2D eigenvalue weighted by Gasteiger charge is 2.16. The van der Waals surface area contributed by atoms with E-state index in [4.69, 9.17) is 0 Å². The van der Waals surface area contributed by atoms with Crippen molar-refractivity contribution in [3.8, 4) is 0 Å². The number of carbonyl (C=O) groups excluding carboxylic acids is 1. The Hall–Kier alpha value is -0.940. The maximum Gasteiger partial charge on any atom is 0.320 e. The van der Waals surface area contributed by atoms with E-state index in [1.807, 2.05) is 6.92 Å². The first kappa shape index (κ1) is 14.1. The minimum atomic E-state index is -0.379. The quantitative estimate of drug-likeness (QED) is 0.670. The molecule has 0 aliphatic carbocycles. The smallest absolute Gasteiger partial charge is 0.320 e. The number of hydrogen-bond acceptors (Lipinski definition) is 3. The molecule has 3 nitrogen and oxygen atoms in total. The van der Waals surface area contributed by atoms with Crippen molar-refractivity contribution < 1.29 is 13.9 Å². The van der Waals surface area contributed by atoms with Gasteiger partial charge in [-0.2, -0.15) is 0 Å². The molecule has 0 aliphatic rings. The lowest BCUT2D eigenvalue weighted by atomic mass is 10.1. The molecule has 0 saturated heterocycles. The topological polar surface area (TPSA) is 38.3 Å². The van der Waals surface area contributed by atoms with E-state index in [9.17, 15) is 9.18 Å². The minimum Gasteiger partial charge on any atom is -0.468 e. The van der Waals surface area contributed by atoms with E-state index >= 15 is 0 Å². The molecule has 94 valence electrons. The number of methoxy groups -OCH3 is 1. The van der Waals surface area contributed by atoms with Crippen LogP contribution in [0.25, 0.3) is 0 Å². The molecule has 1 aromatic rings. The van der Waals surface area contributed by atoms with Crippen LogP contribution in [0.15, 0.2) is 24.3 Å². The third-order valence-corrected chi connectivity index (χ3v) is 3.13. The lowest BCUT2D eigenvalue weighted by Gasteiger charge is -2.16. The number of benzene rings is 1. The Morgan fingerprint density at radius 3 is 2.59 bits per heavy atom. The summed E-state index contributed by atoms with van der Waals surface area (Å²) in [6, 6.07) is 6.31. The van der Waals surface area contributed by atoms with Gasteiger partial charge < -0.3 is 10.1 Å². The van der Waals surface area contributed by atoms with Gasteiger partial charge in [-0.05, 0) is 24.6 Å². The molecule has 2 unspecified atom stereocenters. The van der Waals surface area contributed by atoms with Gasteiger partial charge in [0.25, 0.3) is 0 Å². The second-order valence-electron chi connectivity index (χ2n) is 3.67. The summed E-state index contributed by atoms with van der Waals surface area (Å²) >= 11 is 3.22. The van der Waals surface area contributed by atoms with Crippen molar-refractivity contribution in [1.82, 2.24) is 5.32 Å². The molecule has 0 heterocycles. The highest BCUT2D eigenvalue weighted by molar-refractivity contribution is 9.10. The van der Waals surface area contributed by atoms with Crippen LogP contribution in [0.3, 0.4) is 0 Å². The minimum absolute atomic E-state index is 0.0420. The molecule has 1 aromatic carbocycles. The third kappa shape index (κ3) is 4.44. The van der Waals surface area contributed by atoms with E-state index in [2.05, 4.69) is 26.0 Å². The molecule has 5 heteroatoms. The van der Waals surface area contributed by atoms with Gasteiger partial charge in [-0.3, -0.25) is 4.79 Å². The van der Waals surface area contributed by atoms with Gasteiger partial charge in [0.2, 0.25) is 0 Å². The molecule has 0 fully saturated rings. The van der Waals surface area contributed by atoms with Crippen molar-refractivity contribution in [2.75, 3.05) is 13.7 Å². The number of carbonyl (C=O) groups is 1. The molecular formula is C12H15BrFNO2. The predicted molar refractivity (Wildman–Crippen MR) is 67.5 cm³/mol. The zero-order valence-electron chi connectivity index (χ0n) is 9.74. The van der Waals surface area contributed by atoms with Crippen molar-refractivity contribution in [2.24, 2.45) is 0 Å². The fourth-order valence-electron chi connectivity index (χ4n) is 1.36. The predicted octanol–water partition coefficient (Wildman–Crippen LogP) is 2.41. The molecular weight excluding hydrogens is 289 g/mol. The van der Waals surface area contributed by atoms with Crippen LogP contribution in [0.5, 0.6) is 0 Å². The maximum atomic E-state index is 12.7. The van der Waals surface area contributed by atoms with Crippen LogP contribution >= 0.6 is 15.9 Å². The fraction of sp³-hybridized carbons (Fsp3) is 0.417. The lowest BCUT2D eigenvalue weighted by molar-refractivity contribution is -0.139. The van der Waals surface area contributed by atoms with Crippen molar-refractivity contribution in [1.29, 1.82) is 0 Å². The lowest BCUT2D eigenvalue weighted by Crippen LogP contribution is -2.31. The fourth-order valence-corrected chi connectivity index (χ4v) is 1.73. The summed E-state index contributed by atoms with van der Waals surface area (Å²) in [5, 5.41) is 3.16. The van der Waals surface area contributed by atoms with Crippen LogP contribution in [-0.4, -0.2) is 24.5 Å². The van der Waals surface area contributed by atoms with Gasteiger partial charge in [-0.15, -0.1) is 0 Å². The van der Waals surface area contributed by atoms with E-state index in [0.29, 0.717) is 6.54 Å². The van der Waals surface area contributed by atoms with Crippen LogP contribution in [0.1, 0.15) is 18.5 Å². The number of hydrogen-bond donors (Lipinski definition) is 1. The van der Waals surface area contributed by atoms with Gasteiger partial charge in [-0.25, -0.2) is 4.39 Å². The second-order valence-corrected chi connectivity index (χ2v) is 4.78. The van der Waals surface area contributed by atoms with Gasteiger partial charge in [0.05, 0.1) is 7.11 Å². The van der Waals surface area contributed by atoms with E-state index in [-0.39, 0.29) is 22.7 Å². The number of esters is 1. The number of ether oxygens (including phenoxy) is 1. The summed E-state index contributed by atoms with van der Waals surface area (Å²) in [7, 11) is 1.35. The number of halogens is 2. The van der Waals surface area contributed by atoms with Crippen LogP contribution in [-0.2, 0) is 9.53 Å². The van der Waals surface area contributed by atoms with Crippen molar-refractivity contribution in [2.45, 2.75) is 17.8 Å². The molecule has 0 aromatic heterocycles. The average molecular weight is 304 g/mol. The number of alkyl halides is 1. The summed E-state index contributed by atoms with van der Waals surface area (Å²) in [5.41, 5.74) is 0.968. The molecule has 1 N–H and O–H groups in total. The summed E-state index contributed by atoms with van der Waals surface area (Å²) in [4.78, 5) is 10.8. The number of rotatable bonds is 5. The van der Waals surface area contributed by atoms with Crippen LogP contribution in [0, 0.1) is 5.82 Å². The van der Waals surface area contributed by atoms with Crippen LogP contribution in [0.2, 0.25) is 0 Å². The van der Waals surface area contributed by atoms with Gasteiger partial charge in [-0.1, -0.05) is 28.1 Å². The maximum absolute atomic E-state index is 12.7. The highest BCUT2D eigenvalue weighted by Crippen LogP contribution is 2.13. The van der Waals surface area contributed by atoms with Crippen molar-refractivity contribution >= 4 is 21.9 Å². The first-order chi connectivity index (χ1) is 8.04. The Morgan fingerprint density at radius 2 is 2.06 bits per heavy atom. The summed E-state index contributed by atoms with van der Waals surface area (Å²) in [6.45, 7) is 2.40. The van der Waals surface area contributed by atoms with Gasteiger partial charge in [0.15, 0.2) is 0 Å². The normalized spacial score (nSPS) is 14.1. The first-order valence-corrected chi connectivity index (χ1v) is 6.17. The summed E-state index contributed by atoms with van der Waals surface area (Å²) in [5.74, 6) is -0.572. The van der Waals surface area contributed by atoms with Gasteiger partial charge in [0, 0.05) is 12.6 Å². The Balaban J connectivity index is 2.47. The number of nitrogens with one attached hydrogen (secondary N) is 1. The van der Waals surface area contributed by atoms with E-state index in [0.717, 1.165) is 5.56 Å². The average Bonchev–Trinajstić information content (AvgIpc) is 2.35. The second kappa shape index (κ2) is 6.71. The Bertz CT molecular complexity index is 369. The van der Waals surface area contributed by atoms with E-state index in [1.54, 1.807) is 12.1 Å². The first-order valence-electron chi connectivity index (χ1n) is 5.25. The highest BCUT2D eigenvalue weighted by atomic mass is 79.9. The Labute approximate surface area is 108 Å². The molecule has 0 amide bonds. The zero-order chi connectivity index (χ0) is 12.8. The molecule has 0 aliphatic heterocycles. The summed E-state index contributed by atoms with van der Waals surface area (Å²) < 4.78 is 17.3.